The lowest BCUT2D eigenvalue weighted by molar-refractivity contribution is 0.0936. The molecule has 4 aromatic rings. The number of nitrogen functional groups attached to an aromatic ring is 1. The van der Waals surface area contributed by atoms with Crippen LogP contribution in [0.5, 0.6) is 5.75 Å². The fourth-order valence-corrected chi connectivity index (χ4v) is 3.71. The average molecular weight is 484 g/mol. The number of ether oxygens (including phenoxy) is 1. The largest absolute Gasteiger partial charge is 0.494 e. The molecule has 0 radical (unpaired) electrons. The molecule has 0 fully saturated rings. The minimum Gasteiger partial charge on any atom is -0.494 e. The number of hydrogen-bond acceptors (Lipinski definition) is 12. The van der Waals surface area contributed by atoms with E-state index >= 15 is 0 Å². The van der Waals surface area contributed by atoms with Gasteiger partial charge in [-0.05, 0) is 47.1 Å². The number of benzene rings is 1. The lowest BCUT2D eigenvalue weighted by Crippen LogP contribution is -2.36. The first-order valence-corrected chi connectivity index (χ1v) is 10.9. The first kappa shape index (κ1) is 22.8. The van der Waals surface area contributed by atoms with Gasteiger partial charge in [0.15, 0.2) is 10.9 Å². The Bertz CT molecular complexity index is 1300. The Morgan fingerprint density at radius 1 is 1.24 bits per heavy atom. The third-order valence-corrected chi connectivity index (χ3v) is 5.57. The number of carbonyl (C=O) groups is 1. The van der Waals surface area contributed by atoms with E-state index in [-0.39, 0.29) is 23.1 Å². The van der Waals surface area contributed by atoms with Gasteiger partial charge in [0.05, 0.1) is 18.0 Å². The standard InChI is InChI=1S/C19H21N11O3S/c1-4-32-13-7-5-12(6-8-13)11(2)22-24-18(31)15-14(9-34-19-25-21-10-29(19)3)30(28-23-15)17-16(20)26-33-27-17/h5-8,10,22H,2,4,9H2,1,3H3,(H2,20,26)(H,24,31). The number of aryl methyl sites for hydroxylation is 1. The lowest BCUT2D eigenvalue weighted by atomic mass is 10.2. The van der Waals surface area contributed by atoms with Crippen molar-refractivity contribution in [3.63, 3.8) is 0 Å². The van der Waals surface area contributed by atoms with Crippen LogP contribution in [-0.4, -0.2) is 52.6 Å². The van der Waals surface area contributed by atoms with Gasteiger partial charge >= 0.3 is 0 Å². The molecule has 0 aliphatic heterocycles. The molecular formula is C19H21N11O3S. The second-order valence-electron chi connectivity index (χ2n) is 6.80. The first-order chi connectivity index (χ1) is 16.5. The zero-order chi connectivity index (χ0) is 24.1. The molecule has 0 saturated carbocycles. The predicted octanol–water partition coefficient (Wildman–Crippen LogP) is 0.957. The molecule has 0 spiro atoms. The van der Waals surface area contributed by atoms with Gasteiger partial charge in [0.25, 0.3) is 5.91 Å². The van der Waals surface area contributed by atoms with Gasteiger partial charge in [0, 0.05) is 12.8 Å². The number of hydrazine groups is 1. The zero-order valence-corrected chi connectivity index (χ0v) is 19.1. The summed E-state index contributed by atoms with van der Waals surface area (Å²) < 4.78 is 13.1. The smallest absolute Gasteiger partial charge is 0.292 e. The van der Waals surface area contributed by atoms with Crippen LogP contribution in [0.25, 0.3) is 11.5 Å². The maximum absolute atomic E-state index is 13.0. The van der Waals surface area contributed by atoms with Gasteiger partial charge in [-0.1, -0.05) is 23.6 Å². The van der Waals surface area contributed by atoms with Crippen molar-refractivity contribution in [2.75, 3.05) is 12.3 Å². The van der Waals surface area contributed by atoms with Crippen LogP contribution in [0, 0.1) is 0 Å². The van der Waals surface area contributed by atoms with Crippen molar-refractivity contribution >= 4 is 29.2 Å². The molecule has 1 amide bonds. The van der Waals surface area contributed by atoms with Gasteiger partial charge in [-0.3, -0.25) is 15.6 Å². The minimum atomic E-state index is -0.540. The van der Waals surface area contributed by atoms with E-state index in [9.17, 15) is 4.79 Å². The van der Waals surface area contributed by atoms with Gasteiger partial charge < -0.3 is 15.0 Å². The van der Waals surface area contributed by atoms with Gasteiger partial charge in [-0.25, -0.2) is 4.63 Å². The van der Waals surface area contributed by atoms with E-state index in [0.717, 1.165) is 11.3 Å². The number of nitrogens with one attached hydrogen (secondary N) is 2. The van der Waals surface area contributed by atoms with Crippen LogP contribution < -0.4 is 21.3 Å². The third kappa shape index (κ3) is 4.83. The van der Waals surface area contributed by atoms with Crippen molar-refractivity contribution in [1.29, 1.82) is 0 Å². The van der Waals surface area contributed by atoms with E-state index in [1.54, 1.807) is 10.9 Å². The third-order valence-electron chi connectivity index (χ3n) is 4.52. The number of rotatable bonds is 10. The average Bonchev–Trinajstić information content (AvgIpc) is 3.56. The van der Waals surface area contributed by atoms with Crippen molar-refractivity contribution < 1.29 is 14.2 Å². The molecular weight excluding hydrogens is 462 g/mol. The highest BCUT2D eigenvalue weighted by molar-refractivity contribution is 7.98. The second-order valence-corrected chi connectivity index (χ2v) is 7.74. The van der Waals surface area contributed by atoms with E-state index in [2.05, 4.69) is 52.9 Å². The van der Waals surface area contributed by atoms with Crippen LogP contribution in [-0.2, 0) is 12.8 Å². The van der Waals surface area contributed by atoms with Crippen LogP contribution in [0.3, 0.4) is 0 Å². The highest BCUT2D eigenvalue weighted by atomic mass is 32.2. The summed E-state index contributed by atoms with van der Waals surface area (Å²) in [6, 6.07) is 7.28. The summed E-state index contributed by atoms with van der Waals surface area (Å²) in [7, 11) is 1.81. The van der Waals surface area contributed by atoms with Gasteiger partial charge in [-0.15, -0.1) is 15.3 Å². The maximum Gasteiger partial charge on any atom is 0.292 e. The summed E-state index contributed by atoms with van der Waals surface area (Å²) in [6.45, 7) is 6.43. The number of nitrogens with zero attached hydrogens (tertiary/aromatic N) is 8. The quantitative estimate of drug-likeness (QED) is 0.215. The summed E-state index contributed by atoms with van der Waals surface area (Å²) in [5.41, 5.74) is 12.9. The Morgan fingerprint density at radius 2 is 2.03 bits per heavy atom. The van der Waals surface area contributed by atoms with E-state index in [1.165, 1.54) is 16.4 Å². The summed E-state index contributed by atoms with van der Waals surface area (Å²) in [4.78, 5) is 13.0. The number of amides is 1. The SMILES string of the molecule is C=C(NNC(=O)c1nnn(-c2nonc2N)c1CSc1nncn1C)c1ccc(OCC)cc1. The molecule has 0 saturated heterocycles. The van der Waals surface area contributed by atoms with Crippen LogP contribution in [0.15, 0.2) is 47.0 Å². The van der Waals surface area contributed by atoms with Crippen LogP contribution in [0.2, 0.25) is 0 Å². The number of aromatic nitrogens is 8. The van der Waals surface area contributed by atoms with Gasteiger partial charge in [0.1, 0.15) is 12.1 Å². The van der Waals surface area contributed by atoms with Crippen molar-refractivity contribution in [3.05, 3.63) is 54.1 Å². The fourth-order valence-electron chi connectivity index (χ4n) is 2.83. The molecule has 0 aliphatic carbocycles. The molecule has 3 heterocycles. The zero-order valence-electron chi connectivity index (χ0n) is 18.3. The summed E-state index contributed by atoms with van der Waals surface area (Å²) >= 11 is 1.33. The summed E-state index contributed by atoms with van der Waals surface area (Å²) in [5, 5.41) is 23.9. The molecule has 15 heteroatoms. The molecule has 4 rings (SSSR count). The highest BCUT2D eigenvalue weighted by Gasteiger charge is 2.24. The van der Waals surface area contributed by atoms with E-state index < -0.39 is 5.91 Å². The van der Waals surface area contributed by atoms with E-state index in [1.807, 2.05) is 38.2 Å². The van der Waals surface area contributed by atoms with Crippen molar-refractivity contribution in [3.8, 4) is 11.6 Å². The number of carbonyl (C=O) groups excluding carboxylic acids is 1. The normalized spacial score (nSPS) is 10.8. The van der Waals surface area contributed by atoms with Crippen molar-refractivity contribution in [1.82, 2.24) is 50.9 Å². The van der Waals surface area contributed by atoms with E-state index in [0.29, 0.717) is 23.2 Å². The highest BCUT2D eigenvalue weighted by Crippen LogP contribution is 2.24. The fraction of sp³-hybridized carbons (Fsp3) is 0.211. The molecule has 0 atom stereocenters. The predicted molar refractivity (Wildman–Crippen MR) is 121 cm³/mol. The van der Waals surface area contributed by atoms with Crippen LogP contribution >= 0.6 is 11.8 Å². The monoisotopic (exact) mass is 483 g/mol. The Morgan fingerprint density at radius 3 is 2.68 bits per heavy atom. The Hall–Kier alpha value is -4.40. The lowest BCUT2D eigenvalue weighted by Gasteiger charge is -2.12. The molecule has 14 nitrogen and oxygen atoms in total. The topological polar surface area (TPSA) is 177 Å². The summed E-state index contributed by atoms with van der Waals surface area (Å²) in [6.07, 6.45) is 1.57. The van der Waals surface area contributed by atoms with Crippen molar-refractivity contribution in [2.24, 2.45) is 7.05 Å². The van der Waals surface area contributed by atoms with Crippen LogP contribution in [0.1, 0.15) is 28.7 Å². The molecule has 34 heavy (non-hydrogen) atoms. The number of hydrogen-bond donors (Lipinski definition) is 3. The molecule has 176 valence electrons. The van der Waals surface area contributed by atoms with Gasteiger partial charge in [0.2, 0.25) is 11.6 Å². The molecule has 0 aliphatic rings. The molecule has 3 aromatic heterocycles. The number of thioether (sulfide) groups is 1. The van der Waals surface area contributed by atoms with Crippen molar-refractivity contribution in [2.45, 2.75) is 17.8 Å². The maximum atomic E-state index is 13.0. The molecule has 0 bridgehead atoms. The molecule has 1 aromatic carbocycles. The second kappa shape index (κ2) is 10.0. The van der Waals surface area contributed by atoms with Gasteiger partial charge in [-0.2, -0.15) is 4.68 Å². The molecule has 0 unspecified atom stereocenters. The summed E-state index contributed by atoms with van der Waals surface area (Å²) in [5.74, 6) is 0.581. The number of nitrogens with two attached hydrogens (primary N) is 1. The Kier molecular flexibility index (Phi) is 6.72. The number of anilines is 1. The van der Waals surface area contributed by atoms with Crippen LogP contribution in [0.4, 0.5) is 5.82 Å². The Labute approximate surface area is 197 Å². The Balaban J connectivity index is 1.51. The molecule has 4 N–H and O–H groups in total. The first-order valence-electron chi connectivity index (χ1n) is 9.96. The minimum absolute atomic E-state index is 0.00349. The van der Waals surface area contributed by atoms with E-state index in [4.69, 9.17) is 10.5 Å².